The first-order valence-electron chi connectivity index (χ1n) is 12.5. The van der Waals surface area contributed by atoms with Crippen molar-refractivity contribution in [3.63, 3.8) is 0 Å². The summed E-state index contributed by atoms with van der Waals surface area (Å²) in [6.45, 7) is 2.89. The van der Waals surface area contributed by atoms with Crippen molar-refractivity contribution in [2.24, 2.45) is 11.8 Å². The van der Waals surface area contributed by atoms with Crippen molar-refractivity contribution in [2.45, 2.75) is 0 Å². The summed E-state index contributed by atoms with van der Waals surface area (Å²) in [4.78, 5) is 52.9. The number of nitrogens with zero attached hydrogens (tertiary/aromatic N) is 5. The number of fused-ring (bicyclic) bond motifs is 1. The van der Waals surface area contributed by atoms with Crippen molar-refractivity contribution in [1.29, 1.82) is 0 Å². The fourth-order valence-corrected chi connectivity index (χ4v) is 5.92. The number of hydrogen-bond donors (Lipinski definition) is 1. The second kappa shape index (κ2) is 9.94. The van der Waals surface area contributed by atoms with E-state index in [1.807, 2.05) is 83.6 Å². The summed E-state index contributed by atoms with van der Waals surface area (Å²) in [7, 11) is 1.94. The van der Waals surface area contributed by atoms with Gasteiger partial charge in [-0.15, -0.1) is 0 Å². The zero-order chi connectivity index (χ0) is 26.2. The Bertz CT molecular complexity index is 1420. The molecule has 3 amide bonds. The molecule has 4 heterocycles. The minimum Gasteiger partial charge on any atom is -0.340 e. The number of thioether (sulfide) groups is 1. The van der Waals surface area contributed by atoms with Gasteiger partial charge in [-0.2, -0.15) is 4.98 Å². The first-order valence-corrected chi connectivity index (χ1v) is 13.3. The van der Waals surface area contributed by atoms with Crippen molar-refractivity contribution < 1.29 is 14.4 Å². The summed E-state index contributed by atoms with van der Waals surface area (Å²) < 4.78 is 0. The molecule has 0 saturated carbocycles. The topological polar surface area (TPSA) is 98.7 Å². The molecule has 192 valence electrons. The number of rotatable bonds is 5. The molecule has 3 saturated heterocycles. The van der Waals surface area contributed by atoms with Crippen LogP contribution >= 0.6 is 11.8 Å². The normalized spacial score (nSPS) is 21.7. The van der Waals surface area contributed by atoms with Gasteiger partial charge in [0.2, 0.25) is 5.95 Å². The first kappa shape index (κ1) is 24.2. The average Bonchev–Trinajstić information content (AvgIpc) is 3.61. The minimum absolute atomic E-state index is 0.0741. The Morgan fingerprint density at radius 2 is 1.63 bits per heavy atom. The maximum absolute atomic E-state index is 13.0. The number of nitrogens with one attached hydrogen (secondary N) is 1. The van der Waals surface area contributed by atoms with Gasteiger partial charge in [0, 0.05) is 62.4 Å². The molecule has 2 atom stereocenters. The molecule has 38 heavy (non-hydrogen) atoms. The molecule has 10 heteroatoms. The number of likely N-dealkylation sites (tertiary alicyclic amines) is 1. The van der Waals surface area contributed by atoms with Crippen LogP contribution in [0.3, 0.4) is 0 Å². The lowest BCUT2D eigenvalue weighted by atomic mass is 10.0. The van der Waals surface area contributed by atoms with E-state index >= 15 is 0 Å². The van der Waals surface area contributed by atoms with Crippen LogP contribution in [0.2, 0.25) is 0 Å². The van der Waals surface area contributed by atoms with E-state index in [-0.39, 0.29) is 11.1 Å². The highest BCUT2D eigenvalue weighted by Crippen LogP contribution is 2.35. The molecule has 0 bridgehead atoms. The van der Waals surface area contributed by atoms with Crippen molar-refractivity contribution in [1.82, 2.24) is 20.2 Å². The Balaban J connectivity index is 1.26. The number of amides is 3. The number of para-hydroxylation sites is 1. The molecule has 3 fully saturated rings. The second-order valence-electron chi connectivity index (χ2n) is 9.70. The fraction of sp³-hybridized carbons (Fsp3) is 0.250. The van der Waals surface area contributed by atoms with Crippen LogP contribution < -0.4 is 15.1 Å². The highest BCUT2D eigenvalue weighted by atomic mass is 32.2. The minimum atomic E-state index is -0.419. The lowest BCUT2D eigenvalue weighted by Gasteiger charge is -2.24. The third kappa shape index (κ3) is 4.74. The van der Waals surface area contributed by atoms with Gasteiger partial charge in [-0.05, 0) is 42.1 Å². The Morgan fingerprint density at radius 3 is 2.26 bits per heavy atom. The van der Waals surface area contributed by atoms with Crippen LogP contribution in [0.25, 0.3) is 6.08 Å². The SMILES string of the molecule is CN(c1ccccc1)c1cc(C=C2SC(=O)NC2=O)nc(N2CC3CN(C(=O)c4ccccc4)CC3C2)n1. The molecule has 3 aliphatic rings. The third-order valence-electron chi connectivity index (χ3n) is 7.21. The van der Waals surface area contributed by atoms with Crippen LogP contribution in [-0.4, -0.2) is 65.1 Å². The molecule has 0 radical (unpaired) electrons. The van der Waals surface area contributed by atoms with Crippen molar-refractivity contribution in [3.8, 4) is 0 Å². The molecule has 2 unspecified atom stereocenters. The first-order chi connectivity index (χ1) is 18.4. The predicted octanol–water partition coefficient (Wildman–Crippen LogP) is 3.78. The van der Waals surface area contributed by atoms with Gasteiger partial charge < -0.3 is 14.7 Å². The Morgan fingerprint density at radius 1 is 0.974 bits per heavy atom. The lowest BCUT2D eigenvalue weighted by Crippen LogP contribution is -2.34. The van der Waals surface area contributed by atoms with Gasteiger partial charge >= 0.3 is 0 Å². The van der Waals surface area contributed by atoms with Crippen molar-refractivity contribution >= 4 is 52.3 Å². The third-order valence-corrected chi connectivity index (χ3v) is 8.02. The molecule has 1 N–H and O–H groups in total. The number of benzene rings is 2. The maximum atomic E-state index is 13.0. The van der Waals surface area contributed by atoms with Crippen LogP contribution in [-0.2, 0) is 4.79 Å². The average molecular weight is 527 g/mol. The van der Waals surface area contributed by atoms with Crippen molar-refractivity contribution in [2.75, 3.05) is 43.0 Å². The van der Waals surface area contributed by atoms with E-state index in [2.05, 4.69) is 10.2 Å². The van der Waals surface area contributed by atoms with Gasteiger partial charge in [0.05, 0.1) is 10.6 Å². The fourth-order valence-electron chi connectivity index (χ4n) is 5.25. The van der Waals surface area contributed by atoms with Crippen LogP contribution in [0.1, 0.15) is 16.1 Å². The number of aromatic nitrogens is 2. The number of carbonyl (C=O) groups is 3. The van der Waals surface area contributed by atoms with Gasteiger partial charge in [0.1, 0.15) is 5.82 Å². The zero-order valence-corrected chi connectivity index (χ0v) is 21.6. The molecular weight excluding hydrogens is 500 g/mol. The number of hydrogen-bond acceptors (Lipinski definition) is 8. The second-order valence-corrected chi connectivity index (χ2v) is 10.7. The number of imide groups is 1. The lowest BCUT2D eigenvalue weighted by molar-refractivity contribution is -0.115. The van der Waals surface area contributed by atoms with Gasteiger partial charge in [0.15, 0.2) is 0 Å². The Kier molecular flexibility index (Phi) is 6.32. The van der Waals surface area contributed by atoms with Crippen LogP contribution in [0.4, 0.5) is 22.2 Å². The summed E-state index contributed by atoms with van der Waals surface area (Å²) in [5.41, 5.74) is 2.24. The van der Waals surface area contributed by atoms with E-state index in [9.17, 15) is 14.4 Å². The largest absolute Gasteiger partial charge is 0.340 e. The number of carbonyl (C=O) groups excluding carboxylic acids is 3. The summed E-state index contributed by atoms with van der Waals surface area (Å²) in [5.74, 6) is 1.57. The number of anilines is 3. The van der Waals surface area contributed by atoms with Gasteiger partial charge in [-0.3, -0.25) is 19.7 Å². The summed E-state index contributed by atoms with van der Waals surface area (Å²) >= 11 is 0.868. The van der Waals surface area contributed by atoms with E-state index in [1.165, 1.54) is 0 Å². The maximum Gasteiger partial charge on any atom is 0.290 e. The van der Waals surface area contributed by atoms with Crippen molar-refractivity contribution in [3.05, 3.63) is 82.9 Å². The highest BCUT2D eigenvalue weighted by molar-refractivity contribution is 8.18. The molecular formula is C28H26N6O3S. The van der Waals surface area contributed by atoms with E-state index in [1.54, 1.807) is 6.08 Å². The molecule has 0 spiro atoms. The molecule has 3 aliphatic heterocycles. The molecule has 2 aromatic carbocycles. The quantitative estimate of drug-likeness (QED) is 0.502. The van der Waals surface area contributed by atoms with E-state index in [0.717, 1.165) is 30.5 Å². The molecule has 1 aromatic heterocycles. The van der Waals surface area contributed by atoms with Gasteiger partial charge in [-0.25, -0.2) is 4.98 Å². The van der Waals surface area contributed by atoms with Crippen LogP contribution in [0, 0.1) is 11.8 Å². The van der Waals surface area contributed by atoms with Gasteiger partial charge in [0.25, 0.3) is 17.1 Å². The monoisotopic (exact) mass is 526 g/mol. The van der Waals surface area contributed by atoms with E-state index in [0.29, 0.717) is 52.9 Å². The zero-order valence-electron chi connectivity index (χ0n) is 20.8. The summed E-state index contributed by atoms with van der Waals surface area (Å²) in [6.07, 6.45) is 1.63. The van der Waals surface area contributed by atoms with Crippen LogP contribution in [0.5, 0.6) is 0 Å². The smallest absolute Gasteiger partial charge is 0.290 e. The molecule has 6 rings (SSSR count). The molecule has 0 aliphatic carbocycles. The standard InChI is InChI=1S/C28H26N6O3S/c1-32(22-10-6-3-7-11-22)24-13-21(12-23-25(35)31-28(37)38-23)29-27(30-24)34-16-19-14-33(15-20(19)17-34)26(36)18-8-4-2-5-9-18/h2-13,19-20H,14-17H2,1H3,(H,31,35,37). The molecule has 3 aromatic rings. The van der Waals surface area contributed by atoms with E-state index in [4.69, 9.17) is 9.97 Å². The molecule has 9 nitrogen and oxygen atoms in total. The Hall–Kier alpha value is -4.18. The van der Waals surface area contributed by atoms with E-state index < -0.39 is 5.91 Å². The predicted molar refractivity (Wildman–Crippen MR) is 147 cm³/mol. The summed E-state index contributed by atoms with van der Waals surface area (Å²) in [6, 6.07) is 21.1. The summed E-state index contributed by atoms with van der Waals surface area (Å²) in [5, 5.41) is 1.90. The van der Waals surface area contributed by atoms with Crippen LogP contribution in [0.15, 0.2) is 71.6 Å². The van der Waals surface area contributed by atoms with Gasteiger partial charge in [-0.1, -0.05) is 36.4 Å². The highest BCUT2D eigenvalue weighted by Gasteiger charge is 2.42. The Labute approximate surface area is 224 Å².